The van der Waals surface area contributed by atoms with Gasteiger partial charge in [-0.1, -0.05) is 26.1 Å². The van der Waals surface area contributed by atoms with Crippen molar-refractivity contribution in [3.63, 3.8) is 0 Å². The topological polar surface area (TPSA) is 63.8 Å². The van der Waals surface area contributed by atoms with Crippen molar-refractivity contribution in [1.29, 1.82) is 0 Å². The van der Waals surface area contributed by atoms with Crippen LogP contribution < -0.4 is 11.1 Å². The molecule has 1 aromatic heterocycles. The number of nitrogens with two attached hydrogens (primary N) is 1. The minimum Gasteiger partial charge on any atom is -0.388 e. The Morgan fingerprint density at radius 2 is 2.06 bits per heavy atom. The lowest BCUT2D eigenvalue weighted by atomic mass is 10.2. The van der Waals surface area contributed by atoms with Crippen LogP contribution in [0.2, 0.25) is 0 Å². The lowest BCUT2D eigenvalue weighted by Gasteiger charge is -2.15. The molecule has 0 unspecified atom stereocenters. The molecular weight excluding hydrogens is 220 g/mol. The van der Waals surface area contributed by atoms with Crippen LogP contribution in [-0.4, -0.2) is 21.0 Å². The second kappa shape index (κ2) is 5.75. The molecule has 16 heavy (non-hydrogen) atoms. The molecule has 0 fully saturated rings. The van der Waals surface area contributed by atoms with Crippen molar-refractivity contribution < 1.29 is 0 Å². The van der Waals surface area contributed by atoms with Gasteiger partial charge in [0, 0.05) is 11.7 Å². The Hall–Kier alpha value is -1.23. The quantitative estimate of drug-likeness (QED) is 0.768. The average molecular weight is 238 g/mol. The van der Waals surface area contributed by atoms with Crippen molar-refractivity contribution in [2.45, 2.75) is 39.7 Å². The van der Waals surface area contributed by atoms with E-state index in [1.165, 1.54) is 0 Å². The zero-order valence-corrected chi connectivity index (χ0v) is 10.8. The van der Waals surface area contributed by atoms with Crippen LogP contribution in [0.1, 0.15) is 38.1 Å². The fraction of sp³-hybridized carbons (Fsp3) is 0.545. The fourth-order valence-corrected chi connectivity index (χ4v) is 1.54. The van der Waals surface area contributed by atoms with Gasteiger partial charge in [0.25, 0.3) is 0 Å². The van der Waals surface area contributed by atoms with E-state index in [1.807, 2.05) is 6.92 Å². The summed E-state index contributed by atoms with van der Waals surface area (Å²) in [5.74, 6) is 0.608. The Bertz CT molecular complexity index is 374. The third-order valence-corrected chi connectivity index (χ3v) is 2.63. The Labute approximate surface area is 102 Å². The smallest absolute Gasteiger partial charge is 0.223 e. The second-order valence-corrected chi connectivity index (χ2v) is 4.18. The molecule has 0 spiro atoms. The van der Waals surface area contributed by atoms with Crippen molar-refractivity contribution >= 4 is 23.2 Å². The van der Waals surface area contributed by atoms with Gasteiger partial charge in [0.05, 0.1) is 0 Å². The Balaban J connectivity index is 2.91. The molecular formula is C11H18N4S. The summed E-state index contributed by atoms with van der Waals surface area (Å²) in [6.07, 6.45) is 2.08. The van der Waals surface area contributed by atoms with Gasteiger partial charge in [-0.3, -0.25) is 0 Å². The van der Waals surface area contributed by atoms with Gasteiger partial charge in [-0.2, -0.15) is 0 Å². The molecule has 1 heterocycles. The van der Waals surface area contributed by atoms with Gasteiger partial charge in [0.15, 0.2) is 0 Å². The molecule has 1 aromatic rings. The number of aryl methyl sites for hydroxylation is 1. The maximum atomic E-state index is 5.56. The van der Waals surface area contributed by atoms with Crippen molar-refractivity contribution in [2.75, 3.05) is 5.32 Å². The van der Waals surface area contributed by atoms with Gasteiger partial charge >= 0.3 is 0 Å². The number of nitrogens with one attached hydrogen (secondary N) is 1. The number of anilines is 1. The first-order valence-corrected chi connectivity index (χ1v) is 5.89. The van der Waals surface area contributed by atoms with Crippen molar-refractivity contribution in [2.24, 2.45) is 5.73 Å². The van der Waals surface area contributed by atoms with Gasteiger partial charge in [-0.15, -0.1) is 0 Å². The third kappa shape index (κ3) is 3.41. The van der Waals surface area contributed by atoms with Gasteiger partial charge in [0.2, 0.25) is 5.95 Å². The van der Waals surface area contributed by atoms with Crippen LogP contribution in [0, 0.1) is 6.92 Å². The summed E-state index contributed by atoms with van der Waals surface area (Å²) in [6.45, 7) is 6.17. The van der Waals surface area contributed by atoms with E-state index in [-0.39, 0.29) is 0 Å². The molecule has 0 saturated heterocycles. The number of aromatic nitrogens is 2. The number of nitrogens with zero attached hydrogens (tertiary/aromatic N) is 2. The fourth-order valence-electron chi connectivity index (χ4n) is 1.43. The first-order chi connectivity index (χ1) is 7.56. The highest BCUT2D eigenvalue weighted by Gasteiger charge is 2.08. The molecule has 0 aliphatic carbocycles. The lowest BCUT2D eigenvalue weighted by Crippen LogP contribution is -2.21. The predicted octanol–water partition coefficient (Wildman–Crippen LogP) is 2.02. The minimum atomic E-state index is 0.304. The van der Waals surface area contributed by atoms with E-state index in [0.717, 1.165) is 18.5 Å². The Morgan fingerprint density at radius 1 is 1.44 bits per heavy atom. The molecule has 0 amide bonds. The summed E-state index contributed by atoms with van der Waals surface area (Å²) >= 11 is 4.91. The summed E-state index contributed by atoms with van der Waals surface area (Å²) < 4.78 is 0. The van der Waals surface area contributed by atoms with Crippen molar-refractivity contribution in [3.05, 3.63) is 17.5 Å². The van der Waals surface area contributed by atoms with Crippen molar-refractivity contribution in [3.8, 4) is 0 Å². The standard InChI is InChI=1S/C11H18N4S/c1-4-8(5-2)14-11-13-7(3)6-9(15-11)10(12)16/h6,8H,4-5H2,1-3H3,(H2,12,16)(H,13,14,15). The highest BCUT2D eigenvalue weighted by Crippen LogP contribution is 2.09. The number of rotatable bonds is 5. The molecule has 5 heteroatoms. The van der Waals surface area contributed by atoms with Crippen LogP contribution in [0.25, 0.3) is 0 Å². The van der Waals surface area contributed by atoms with Crippen LogP contribution in [0.5, 0.6) is 0 Å². The third-order valence-electron chi connectivity index (χ3n) is 2.43. The molecule has 0 atom stereocenters. The van der Waals surface area contributed by atoms with Crippen LogP contribution in [0.3, 0.4) is 0 Å². The number of hydrogen-bond acceptors (Lipinski definition) is 4. The van der Waals surface area contributed by atoms with Crippen LogP contribution in [0.15, 0.2) is 6.07 Å². The number of hydrogen-bond donors (Lipinski definition) is 2. The molecule has 0 bridgehead atoms. The van der Waals surface area contributed by atoms with E-state index in [0.29, 0.717) is 22.7 Å². The van der Waals surface area contributed by atoms with E-state index in [9.17, 15) is 0 Å². The van der Waals surface area contributed by atoms with Gasteiger partial charge in [0.1, 0.15) is 10.7 Å². The molecule has 3 N–H and O–H groups in total. The van der Waals surface area contributed by atoms with E-state index in [1.54, 1.807) is 6.07 Å². The molecule has 0 aliphatic heterocycles. The molecule has 0 aliphatic rings. The zero-order valence-electron chi connectivity index (χ0n) is 9.95. The largest absolute Gasteiger partial charge is 0.388 e. The van der Waals surface area contributed by atoms with Gasteiger partial charge < -0.3 is 11.1 Å². The van der Waals surface area contributed by atoms with E-state index in [2.05, 4.69) is 29.1 Å². The number of thiocarbonyl (C=S) groups is 1. The normalized spacial score (nSPS) is 10.5. The highest BCUT2D eigenvalue weighted by atomic mass is 32.1. The average Bonchev–Trinajstić information content (AvgIpc) is 2.25. The van der Waals surface area contributed by atoms with Crippen molar-refractivity contribution in [1.82, 2.24) is 9.97 Å². The first-order valence-electron chi connectivity index (χ1n) is 5.48. The molecule has 1 rings (SSSR count). The molecule has 0 radical (unpaired) electrons. The van der Waals surface area contributed by atoms with E-state index in [4.69, 9.17) is 18.0 Å². The van der Waals surface area contributed by atoms with Crippen LogP contribution >= 0.6 is 12.2 Å². The molecule has 4 nitrogen and oxygen atoms in total. The highest BCUT2D eigenvalue weighted by molar-refractivity contribution is 7.80. The summed E-state index contributed by atoms with van der Waals surface area (Å²) in [4.78, 5) is 8.90. The lowest BCUT2D eigenvalue weighted by molar-refractivity contribution is 0.664. The van der Waals surface area contributed by atoms with E-state index >= 15 is 0 Å². The molecule has 88 valence electrons. The Morgan fingerprint density at radius 3 is 2.56 bits per heavy atom. The summed E-state index contributed by atoms with van der Waals surface area (Å²) in [7, 11) is 0. The summed E-state index contributed by atoms with van der Waals surface area (Å²) in [5.41, 5.74) is 7.05. The van der Waals surface area contributed by atoms with Crippen LogP contribution in [0.4, 0.5) is 5.95 Å². The molecule has 0 saturated carbocycles. The van der Waals surface area contributed by atoms with Crippen LogP contribution in [-0.2, 0) is 0 Å². The second-order valence-electron chi connectivity index (χ2n) is 3.74. The van der Waals surface area contributed by atoms with Gasteiger partial charge in [-0.25, -0.2) is 9.97 Å². The monoisotopic (exact) mass is 238 g/mol. The zero-order chi connectivity index (χ0) is 12.1. The van der Waals surface area contributed by atoms with Gasteiger partial charge in [-0.05, 0) is 25.8 Å². The summed E-state index contributed by atoms with van der Waals surface area (Å²) in [5, 5.41) is 3.28. The summed E-state index contributed by atoms with van der Waals surface area (Å²) in [6, 6.07) is 2.18. The SMILES string of the molecule is CCC(CC)Nc1nc(C)cc(C(N)=S)n1. The minimum absolute atomic E-state index is 0.304. The van der Waals surface area contributed by atoms with E-state index < -0.39 is 0 Å². The maximum Gasteiger partial charge on any atom is 0.223 e. The Kier molecular flexibility index (Phi) is 4.61. The first kappa shape index (κ1) is 12.8. The maximum absolute atomic E-state index is 5.56. The predicted molar refractivity (Wildman–Crippen MR) is 70.6 cm³/mol. The molecule has 0 aromatic carbocycles.